The highest BCUT2D eigenvalue weighted by molar-refractivity contribution is 7.19. The second-order valence-electron chi connectivity index (χ2n) is 7.88. The lowest BCUT2D eigenvalue weighted by molar-refractivity contribution is -0.130. The van der Waals surface area contributed by atoms with Crippen LogP contribution in [0.1, 0.15) is 10.6 Å². The highest BCUT2D eigenvalue weighted by atomic mass is 35.5. The molecule has 1 unspecified atom stereocenters. The van der Waals surface area contributed by atoms with E-state index in [-0.39, 0.29) is 11.9 Å². The Labute approximate surface area is 194 Å². The number of piperazine rings is 1. The first-order valence-electron chi connectivity index (χ1n) is 10.4. The first kappa shape index (κ1) is 20.9. The molecule has 3 aromatic heterocycles. The van der Waals surface area contributed by atoms with Crippen molar-refractivity contribution in [2.75, 3.05) is 19.6 Å². The summed E-state index contributed by atoms with van der Waals surface area (Å²) in [6, 6.07) is 11.5. The zero-order valence-electron chi connectivity index (χ0n) is 17.2. The molecule has 1 fully saturated rings. The van der Waals surface area contributed by atoms with Gasteiger partial charge in [-0.15, -0.1) is 11.3 Å². The third-order valence-corrected chi connectivity index (χ3v) is 7.04. The van der Waals surface area contributed by atoms with Gasteiger partial charge in [-0.3, -0.25) is 14.7 Å². The SMILES string of the molecule is O=CC1CN(C(=O)/C=C/c2cc3ccc(Cl)cc3s2)CCN1Cc1cc2cnccc2[nH]1. The van der Waals surface area contributed by atoms with Crippen LogP contribution in [0.25, 0.3) is 27.1 Å². The number of rotatable bonds is 5. The largest absolute Gasteiger partial charge is 0.357 e. The van der Waals surface area contributed by atoms with Crippen LogP contribution in [0.4, 0.5) is 0 Å². The third-order valence-electron chi connectivity index (χ3n) is 5.74. The number of H-pyrrole nitrogens is 1. The molecule has 1 aromatic carbocycles. The number of hydrogen-bond acceptors (Lipinski definition) is 5. The summed E-state index contributed by atoms with van der Waals surface area (Å²) in [6.07, 6.45) is 7.93. The molecule has 1 aliphatic heterocycles. The molecule has 1 atom stereocenters. The molecule has 4 aromatic rings. The zero-order chi connectivity index (χ0) is 22.1. The van der Waals surface area contributed by atoms with Gasteiger partial charge in [-0.05, 0) is 41.8 Å². The summed E-state index contributed by atoms with van der Waals surface area (Å²) in [5, 5.41) is 2.86. The summed E-state index contributed by atoms with van der Waals surface area (Å²) in [7, 11) is 0. The van der Waals surface area contributed by atoms with E-state index >= 15 is 0 Å². The number of nitrogens with zero attached hydrogens (tertiary/aromatic N) is 3. The number of aromatic amines is 1. The summed E-state index contributed by atoms with van der Waals surface area (Å²) in [4.78, 5) is 36.9. The van der Waals surface area contributed by atoms with Crippen LogP contribution in [-0.4, -0.2) is 57.6 Å². The number of halogens is 1. The van der Waals surface area contributed by atoms with Crippen molar-refractivity contribution in [3.63, 3.8) is 0 Å². The fourth-order valence-corrected chi connectivity index (χ4v) is 5.32. The van der Waals surface area contributed by atoms with Crippen molar-refractivity contribution >= 4 is 62.2 Å². The highest BCUT2D eigenvalue weighted by Crippen LogP contribution is 2.29. The van der Waals surface area contributed by atoms with Gasteiger partial charge in [0, 0.05) is 75.8 Å². The molecule has 0 aliphatic carbocycles. The minimum absolute atomic E-state index is 0.0799. The maximum absolute atomic E-state index is 12.8. The van der Waals surface area contributed by atoms with Gasteiger partial charge < -0.3 is 14.7 Å². The van der Waals surface area contributed by atoms with Crippen molar-refractivity contribution in [2.45, 2.75) is 12.6 Å². The van der Waals surface area contributed by atoms with Gasteiger partial charge in [0.15, 0.2) is 0 Å². The maximum atomic E-state index is 12.8. The predicted octanol–water partition coefficient (Wildman–Crippen LogP) is 4.36. The van der Waals surface area contributed by atoms with E-state index in [9.17, 15) is 9.59 Å². The summed E-state index contributed by atoms with van der Waals surface area (Å²) in [6.45, 7) is 2.23. The number of thiophene rings is 1. The number of benzene rings is 1. The Morgan fingerprint density at radius 1 is 1.22 bits per heavy atom. The van der Waals surface area contributed by atoms with E-state index in [0.717, 1.165) is 37.8 Å². The molecule has 8 heteroatoms. The van der Waals surface area contributed by atoms with Crippen LogP contribution in [-0.2, 0) is 16.1 Å². The Bertz CT molecular complexity index is 1300. The number of carbonyl (C=O) groups is 2. The molecule has 1 saturated heterocycles. The molecular formula is C24H21ClN4O2S. The Morgan fingerprint density at radius 3 is 2.97 bits per heavy atom. The Balaban J connectivity index is 1.24. The molecule has 1 amide bonds. The average molecular weight is 465 g/mol. The van der Waals surface area contributed by atoms with Crippen molar-refractivity contribution in [3.8, 4) is 0 Å². The number of aldehydes is 1. The van der Waals surface area contributed by atoms with Crippen LogP contribution in [0.3, 0.4) is 0 Å². The smallest absolute Gasteiger partial charge is 0.246 e. The minimum atomic E-state index is -0.336. The van der Waals surface area contributed by atoms with Gasteiger partial charge in [-0.25, -0.2) is 0 Å². The van der Waals surface area contributed by atoms with E-state index in [2.05, 4.69) is 20.9 Å². The molecule has 0 saturated carbocycles. The third kappa shape index (κ3) is 4.32. The Morgan fingerprint density at radius 2 is 2.12 bits per heavy atom. The lowest BCUT2D eigenvalue weighted by Crippen LogP contribution is -2.54. The van der Waals surface area contributed by atoms with Gasteiger partial charge in [0.1, 0.15) is 6.29 Å². The number of fused-ring (bicyclic) bond motifs is 2. The van der Waals surface area contributed by atoms with Crippen molar-refractivity contribution in [1.29, 1.82) is 0 Å². The van der Waals surface area contributed by atoms with E-state index in [4.69, 9.17) is 11.6 Å². The lowest BCUT2D eigenvalue weighted by atomic mass is 10.1. The van der Waals surface area contributed by atoms with E-state index in [0.29, 0.717) is 31.2 Å². The van der Waals surface area contributed by atoms with Crippen LogP contribution in [0.15, 0.2) is 54.9 Å². The van der Waals surface area contributed by atoms with Crippen LogP contribution < -0.4 is 0 Å². The van der Waals surface area contributed by atoms with Gasteiger partial charge >= 0.3 is 0 Å². The molecule has 0 spiro atoms. The first-order valence-corrected chi connectivity index (χ1v) is 11.6. The first-order chi connectivity index (χ1) is 15.6. The van der Waals surface area contributed by atoms with Gasteiger partial charge in [0.05, 0.1) is 6.04 Å². The Hall–Kier alpha value is -3.00. The normalized spacial score (nSPS) is 17.5. The number of carbonyl (C=O) groups excluding carboxylic acids is 2. The Kier molecular flexibility index (Phi) is 5.78. The fraction of sp³-hybridized carbons (Fsp3) is 0.208. The van der Waals surface area contributed by atoms with E-state index in [1.165, 1.54) is 0 Å². The molecule has 6 nitrogen and oxygen atoms in total. The fourth-order valence-electron chi connectivity index (χ4n) is 4.08. The van der Waals surface area contributed by atoms with Crippen molar-refractivity contribution in [1.82, 2.24) is 19.8 Å². The van der Waals surface area contributed by atoms with Crippen LogP contribution in [0.2, 0.25) is 5.02 Å². The molecule has 0 radical (unpaired) electrons. The van der Waals surface area contributed by atoms with Gasteiger partial charge in [-0.1, -0.05) is 17.7 Å². The van der Waals surface area contributed by atoms with Crippen LogP contribution >= 0.6 is 22.9 Å². The van der Waals surface area contributed by atoms with Crippen molar-refractivity contribution < 1.29 is 9.59 Å². The van der Waals surface area contributed by atoms with Crippen LogP contribution in [0, 0.1) is 0 Å². The molecule has 0 bridgehead atoms. The second kappa shape index (κ2) is 8.86. The summed E-state index contributed by atoms with van der Waals surface area (Å²) >= 11 is 7.65. The quantitative estimate of drug-likeness (QED) is 0.352. The highest BCUT2D eigenvalue weighted by Gasteiger charge is 2.28. The number of amides is 1. The molecule has 5 rings (SSSR count). The number of nitrogens with one attached hydrogen (secondary N) is 1. The lowest BCUT2D eigenvalue weighted by Gasteiger charge is -2.38. The summed E-state index contributed by atoms with van der Waals surface area (Å²) in [5.41, 5.74) is 2.06. The number of hydrogen-bond donors (Lipinski definition) is 1. The van der Waals surface area contributed by atoms with Gasteiger partial charge in [0.2, 0.25) is 5.91 Å². The van der Waals surface area contributed by atoms with Crippen LogP contribution in [0.5, 0.6) is 0 Å². The van der Waals surface area contributed by atoms with E-state index < -0.39 is 0 Å². The van der Waals surface area contributed by atoms with Crippen molar-refractivity contribution in [3.05, 3.63) is 70.5 Å². The second-order valence-corrected chi connectivity index (χ2v) is 9.43. The average Bonchev–Trinajstić information content (AvgIpc) is 3.40. The van der Waals surface area contributed by atoms with E-state index in [1.807, 2.05) is 42.6 Å². The minimum Gasteiger partial charge on any atom is -0.357 e. The summed E-state index contributed by atoms with van der Waals surface area (Å²) < 4.78 is 1.09. The number of aromatic nitrogens is 2. The van der Waals surface area contributed by atoms with Gasteiger partial charge in [0.25, 0.3) is 0 Å². The van der Waals surface area contributed by atoms with E-state index in [1.54, 1.807) is 28.5 Å². The molecule has 1 N–H and O–H groups in total. The standard InChI is InChI=1S/C24H21ClN4O2S/c25-18-2-1-16-10-21(32-23(16)11-18)3-4-24(31)29-8-7-28(20(14-29)15-30)13-19-9-17-12-26-6-5-22(17)27-19/h1-6,9-12,15,20,27H,7-8,13-14H2/b4-3+. The molecule has 162 valence electrons. The van der Waals surface area contributed by atoms with Gasteiger partial charge in [-0.2, -0.15) is 0 Å². The molecule has 32 heavy (non-hydrogen) atoms. The maximum Gasteiger partial charge on any atom is 0.246 e. The zero-order valence-corrected chi connectivity index (χ0v) is 18.8. The topological polar surface area (TPSA) is 69.3 Å². The van der Waals surface area contributed by atoms with Crippen molar-refractivity contribution in [2.24, 2.45) is 0 Å². The number of pyridine rings is 1. The summed E-state index contributed by atoms with van der Waals surface area (Å²) in [5.74, 6) is -0.0799. The molecule has 1 aliphatic rings. The monoisotopic (exact) mass is 464 g/mol. The predicted molar refractivity (Wildman–Crippen MR) is 129 cm³/mol. The molecule has 4 heterocycles. The molecular weight excluding hydrogens is 444 g/mol.